The summed E-state index contributed by atoms with van der Waals surface area (Å²) >= 11 is 0. The number of aromatic nitrogens is 3. The van der Waals surface area contributed by atoms with E-state index in [2.05, 4.69) is 10.1 Å². The summed E-state index contributed by atoms with van der Waals surface area (Å²) in [5.41, 5.74) is 2.28. The number of hydrogen-bond donors (Lipinski definition) is 1. The predicted molar refractivity (Wildman–Crippen MR) is 126 cm³/mol. The van der Waals surface area contributed by atoms with Gasteiger partial charge in [-0.1, -0.05) is 36.4 Å². The van der Waals surface area contributed by atoms with E-state index in [1.165, 1.54) is 18.2 Å². The van der Waals surface area contributed by atoms with Crippen LogP contribution in [0.5, 0.6) is 11.5 Å². The fourth-order valence-electron chi connectivity index (χ4n) is 4.01. The van der Waals surface area contributed by atoms with Crippen LogP contribution in [0.3, 0.4) is 0 Å². The number of pyridine rings is 1. The van der Waals surface area contributed by atoms with Crippen molar-refractivity contribution in [3.8, 4) is 22.8 Å². The lowest BCUT2D eigenvalue weighted by Crippen LogP contribution is -2.02. The topological polar surface area (TPSA) is 86.5 Å². The summed E-state index contributed by atoms with van der Waals surface area (Å²) in [7, 11) is 3.28. The van der Waals surface area contributed by atoms with Crippen LogP contribution >= 0.6 is 0 Å². The molecule has 5 aromatic rings. The van der Waals surface area contributed by atoms with Crippen LogP contribution in [0.4, 0.5) is 4.39 Å². The first-order valence-electron chi connectivity index (χ1n) is 10.5. The third-order valence-electron chi connectivity index (χ3n) is 5.69. The first-order chi connectivity index (χ1) is 16.5. The molecule has 0 bridgehead atoms. The molecule has 0 aliphatic carbocycles. The normalized spacial score (nSPS) is 11.1. The Morgan fingerprint density at radius 2 is 1.88 bits per heavy atom. The molecule has 0 fully saturated rings. The summed E-state index contributed by atoms with van der Waals surface area (Å²) in [5.74, 6) is -1.16. The Morgan fingerprint density at radius 1 is 1.09 bits per heavy atom. The van der Waals surface area contributed by atoms with Crippen molar-refractivity contribution in [3.63, 3.8) is 0 Å². The van der Waals surface area contributed by atoms with Crippen LogP contribution in [0, 0.1) is 5.82 Å². The van der Waals surface area contributed by atoms with Crippen molar-refractivity contribution < 1.29 is 23.8 Å². The van der Waals surface area contributed by atoms with E-state index in [4.69, 9.17) is 9.47 Å². The minimum absolute atomic E-state index is 0.0978. The highest BCUT2D eigenvalue weighted by Gasteiger charge is 2.22. The zero-order valence-corrected chi connectivity index (χ0v) is 18.4. The Morgan fingerprint density at radius 3 is 2.62 bits per heavy atom. The second-order valence-electron chi connectivity index (χ2n) is 7.76. The van der Waals surface area contributed by atoms with Gasteiger partial charge in [-0.3, -0.25) is 9.67 Å². The average molecular weight is 457 g/mol. The van der Waals surface area contributed by atoms with E-state index in [-0.39, 0.29) is 5.56 Å². The standard InChI is InChI=1S/C26H20FN3O4/c1-30-20-13-28-19-12-21(33-2)22(34-14-15-7-4-3-5-8-15)11-18(19)23(20)25(29-30)16-9-6-10-17(24(16)27)26(31)32/h3-13H,14H2,1-2H3,(H,31,32). The van der Waals surface area contributed by atoms with E-state index < -0.39 is 17.3 Å². The van der Waals surface area contributed by atoms with Crippen LogP contribution in [0.25, 0.3) is 33.1 Å². The van der Waals surface area contributed by atoms with Crippen LogP contribution in [0.15, 0.2) is 66.9 Å². The summed E-state index contributed by atoms with van der Waals surface area (Å²) < 4.78 is 28.3. The minimum Gasteiger partial charge on any atom is -0.493 e. The van der Waals surface area contributed by atoms with E-state index in [9.17, 15) is 9.90 Å². The van der Waals surface area contributed by atoms with Crippen molar-refractivity contribution in [2.75, 3.05) is 7.11 Å². The highest BCUT2D eigenvalue weighted by Crippen LogP contribution is 2.39. The van der Waals surface area contributed by atoms with Gasteiger partial charge in [0.05, 0.1) is 29.9 Å². The van der Waals surface area contributed by atoms with Gasteiger partial charge in [-0.2, -0.15) is 5.10 Å². The van der Waals surface area contributed by atoms with Crippen molar-refractivity contribution in [1.82, 2.24) is 14.8 Å². The van der Waals surface area contributed by atoms with Crippen molar-refractivity contribution in [2.24, 2.45) is 7.05 Å². The fraction of sp³-hybridized carbons (Fsp3) is 0.115. The van der Waals surface area contributed by atoms with E-state index in [1.54, 1.807) is 37.2 Å². The van der Waals surface area contributed by atoms with Crippen LogP contribution in [-0.2, 0) is 13.7 Å². The molecule has 7 nitrogen and oxygen atoms in total. The molecule has 0 spiro atoms. The molecule has 8 heteroatoms. The zero-order chi connectivity index (χ0) is 23.8. The van der Waals surface area contributed by atoms with Gasteiger partial charge in [0.2, 0.25) is 0 Å². The maximum atomic E-state index is 15.2. The number of methoxy groups -OCH3 is 1. The third kappa shape index (κ3) is 3.59. The summed E-state index contributed by atoms with van der Waals surface area (Å²) in [6, 6.07) is 17.5. The summed E-state index contributed by atoms with van der Waals surface area (Å²) in [6.45, 7) is 0.335. The molecule has 0 radical (unpaired) electrons. The van der Waals surface area contributed by atoms with E-state index in [1.807, 2.05) is 30.3 Å². The predicted octanol–water partition coefficient (Wildman–Crippen LogP) is 5.21. The number of aromatic carboxylic acids is 1. The van der Waals surface area contributed by atoms with E-state index >= 15 is 4.39 Å². The number of fused-ring (bicyclic) bond motifs is 3. The molecule has 0 amide bonds. The SMILES string of the molecule is COc1cc2ncc3c(c(-c4cccc(C(=O)O)c4F)nn3C)c2cc1OCc1ccccc1. The molecule has 0 atom stereocenters. The van der Waals surface area contributed by atoms with Gasteiger partial charge in [-0.15, -0.1) is 0 Å². The Kier molecular flexibility index (Phi) is 5.33. The molecular formula is C26H20FN3O4. The summed E-state index contributed by atoms with van der Waals surface area (Å²) in [4.78, 5) is 16.0. The Balaban J connectivity index is 1.72. The lowest BCUT2D eigenvalue weighted by molar-refractivity contribution is 0.0692. The maximum Gasteiger partial charge on any atom is 0.338 e. The van der Waals surface area contributed by atoms with Crippen LogP contribution in [0.2, 0.25) is 0 Å². The number of carboxylic acid groups (broad SMARTS) is 1. The monoisotopic (exact) mass is 457 g/mol. The number of carbonyl (C=O) groups is 1. The fourth-order valence-corrected chi connectivity index (χ4v) is 4.01. The smallest absolute Gasteiger partial charge is 0.338 e. The summed E-state index contributed by atoms with van der Waals surface area (Å²) in [5, 5.41) is 15.2. The van der Waals surface area contributed by atoms with Gasteiger partial charge in [-0.05, 0) is 23.8 Å². The van der Waals surface area contributed by atoms with Crippen LogP contribution in [-0.4, -0.2) is 33.0 Å². The molecule has 0 saturated heterocycles. The molecule has 2 aromatic heterocycles. The second-order valence-corrected chi connectivity index (χ2v) is 7.76. The first kappa shape index (κ1) is 21.4. The van der Waals surface area contributed by atoms with Crippen molar-refractivity contribution in [1.29, 1.82) is 0 Å². The van der Waals surface area contributed by atoms with Gasteiger partial charge in [-0.25, -0.2) is 9.18 Å². The molecule has 0 unspecified atom stereocenters. The van der Waals surface area contributed by atoms with Crippen LogP contribution in [0.1, 0.15) is 15.9 Å². The first-order valence-corrected chi connectivity index (χ1v) is 10.5. The Labute approximate surface area is 194 Å². The molecule has 170 valence electrons. The van der Waals surface area contributed by atoms with Crippen molar-refractivity contribution in [2.45, 2.75) is 6.61 Å². The van der Waals surface area contributed by atoms with Crippen molar-refractivity contribution in [3.05, 3.63) is 83.8 Å². The number of nitrogens with zero attached hydrogens (tertiary/aromatic N) is 3. The van der Waals surface area contributed by atoms with Gasteiger partial charge < -0.3 is 14.6 Å². The molecule has 0 aliphatic rings. The Bertz CT molecular complexity index is 1550. The lowest BCUT2D eigenvalue weighted by Gasteiger charge is -2.13. The number of halogens is 1. The van der Waals surface area contributed by atoms with Gasteiger partial charge in [0.1, 0.15) is 18.1 Å². The second kappa shape index (κ2) is 8.47. The highest BCUT2D eigenvalue weighted by atomic mass is 19.1. The molecule has 1 N–H and O–H groups in total. The molecule has 5 rings (SSSR count). The van der Waals surface area contributed by atoms with Gasteiger partial charge in [0, 0.05) is 29.4 Å². The quantitative estimate of drug-likeness (QED) is 0.377. The van der Waals surface area contributed by atoms with E-state index in [0.29, 0.717) is 45.6 Å². The molecule has 3 aromatic carbocycles. The number of hydrogen-bond acceptors (Lipinski definition) is 5. The minimum atomic E-state index is -1.34. The number of carboxylic acids is 1. The average Bonchev–Trinajstić information content (AvgIpc) is 3.19. The zero-order valence-electron chi connectivity index (χ0n) is 18.4. The Hall–Kier alpha value is -4.46. The van der Waals surface area contributed by atoms with Crippen molar-refractivity contribution >= 4 is 27.8 Å². The number of rotatable bonds is 6. The van der Waals surface area contributed by atoms with Crippen LogP contribution < -0.4 is 9.47 Å². The van der Waals surface area contributed by atoms with E-state index in [0.717, 1.165) is 5.56 Å². The molecule has 2 heterocycles. The number of benzene rings is 3. The van der Waals surface area contributed by atoms with Gasteiger partial charge >= 0.3 is 5.97 Å². The molecular weight excluding hydrogens is 437 g/mol. The molecule has 0 saturated carbocycles. The number of ether oxygens (including phenoxy) is 2. The highest BCUT2D eigenvalue weighted by molar-refractivity contribution is 6.12. The lowest BCUT2D eigenvalue weighted by atomic mass is 10.0. The third-order valence-corrected chi connectivity index (χ3v) is 5.69. The van der Waals surface area contributed by atoms with Gasteiger partial charge in [0.15, 0.2) is 11.5 Å². The number of aryl methyl sites for hydroxylation is 1. The van der Waals surface area contributed by atoms with Gasteiger partial charge in [0.25, 0.3) is 0 Å². The molecule has 0 aliphatic heterocycles. The maximum absolute atomic E-state index is 15.2. The largest absolute Gasteiger partial charge is 0.493 e. The molecule has 34 heavy (non-hydrogen) atoms. The summed E-state index contributed by atoms with van der Waals surface area (Å²) in [6.07, 6.45) is 1.65.